The van der Waals surface area contributed by atoms with E-state index in [4.69, 9.17) is 0 Å². The quantitative estimate of drug-likeness (QED) is 0.609. The second-order valence-electron chi connectivity index (χ2n) is 6.95. The molecule has 0 amide bonds. The van der Waals surface area contributed by atoms with Crippen LogP contribution in [0.2, 0.25) is 0 Å². The van der Waals surface area contributed by atoms with E-state index in [0.717, 1.165) is 32.1 Å². The zero-order valence-corrected chi connectivity index (χ0v) is 12.7. The summed E-state index contributed by atoms with van der Waals surface area (Å²) in [6.07, 6.45) is 10.4. The average molecular weight is 258 g/mol. The van der Waals surface area contributed by atoms with Gasteiger partial charge in [0, 0.05) is 5.25 Å². The van der Waals surface area contributed by atoms with Crippen LogP contribution in [0.3, 0.4) is 0 Å². The summed E-state index contributed by atoms with van der Waals surface area (Å²) >= 11 is 4.66. The molecular formula is C15H30OS. The van der Waals surface area contributed by atoms with Crippen LogP contribution >= 0.6 is 12.6 Å². The van der Waals surface area contributed by atoms with Gasteiger partial charge >= 0.3 is 0 Å². The van der Waals surface area contributed by atoms with Crippen molar-refractivity contribution < 1.29 is 5.11 Å². The molecule has 0 radical (unpaired) electrons. The fourth-order valence-corrected chi connectivity index (χ4v) is 3.24. The van der Waals surface area contributed by atoms with E-state index in [9.17, 15) is 5.11 Å². The lowest BCUT2D eigenvalue weighted by Crippen LogP contribution is -2.25. The minimum atomic E-state index is -0.456. The summed E-state index contributed by atoms with van der Waals surface area (Å²) in [6, 6.07) is 0. The minimum absolute atomic E-state index is 0.433. The standard InChI is InChI=1S/C15H30OS/c1-14(2)9-4-7-13(17)8-5-11-15(3,16)12-6-10-14/h13,16-17H,4-12H2,1-3H3. The molecule has 2 unspecified atom stereocenters. The summed E-state index contributed by atoms with van der Waals surface area (Å²) in [5.74, 6) is 0. The van der Waals surface area contributed by atoms with Crippen molar-refractivity contribution in [3.8, 4) is 0 Å². The first-order chi connectivity index (χ1) is 7.81. The van der Waals surface area contributed by atoms with Gasteiger partial charge in [0.25, 0.3) is 0 Å². The van der Waals surface area contributed by atoms with Gasteiger partial charge in [0.15, 0.2) is 0 Å². The van der Waals surface area contributed by atoms with Crippen molar-refractivity contribution in [2.24, 2.45) is 5.41 Å². The Morgan fingerprint density at radius 1 is 0.882 bits per heavy atom. The van der Waals surface area contributed by atoms with Gasteiger partial charge in [0.1, 0.15) is 0 Å². The Hall–Kier alpha value is 0.310. The third-order valence-electron chi connectivity index (χ3n) is 4.21. The molecule has 2 heteroatoms. The first-order valence-corrected chi connectivity index (χ1v) is 7.73. The number of thiol groups is 1. The van der Waals surface area contributed by atoms with Crippen molar-refractivity contribution in [3.05, 3.63) is 0 Å². The molecule has 1 aliphatic rings. The van der Waals surface area contributed by atoms with Crippen LogP contribution in [-0.4, -0.2) is 16.0 Å². The van der Waals surface area contributed by atoms with Gasteiger partial charge in [-0.3, -0.25) is 0 Å². The van der Waals surface area contributed by atoms with E-state index in [-0.39, 0.29) is 0 Å². The summed E-state index contributed by atoms with van der Waals surface area (Å²) in [6.45, 7) is 6.72. The maximum absolute atomic E-state index is 10.3. The Labute approximate surface area is 113 Å². The van der Waals surface area contributed by atoms with Gasteiger partial charge in [0.05, 0.1) is 5.60 Å². The van der Waals surface area contributed by atoms with Crippen LogP contribution in [0.15, 0.2) is 0 Å². The fraction of sp³-hybridized carbons (Fsp3) is 1.00. The molecule has 1 rings (SSSR count). The third-order valence-corrected chi connectivity index (χ3v) is 4.73. The van der Waals surface area contributed by atoms with E-state index >= 15 is 0 Å². The summed E-state index contributed by atoms with van der Waals surface area (Å²) in [5, 5.41) is 10.8. The molecule has 0 aromatic heterocycles. The fourth-order valence-electron chi connectivity index (χ4n) is 2.88. The second-order valence-corrected chi connectivity index (χ2v) is 7.68. The van der Waals surface area contributed by atoms with Gasteiger partial charge < -0.3 is 5.11 Å². The van der Waals surface area contributed by atoms with Gasteiger partial charge in [0.2, 0.25) is 0 Å². The van der Waals surface area contributed by atoms with Gasteiger partial charge in [-0.25, -0.2) is 0 Å². The van der Waals surface area contributed by atoms with Crippen LogP contribution in [0.25, 0.3) is 0 Å². The third kappa shape index (κ3) is 6.71. The highest BCUT2D eigenvalue weighted by molar-refractivity contribution is 7.80. The minimum Gasteiger partial charge on any atom is -0.390 e. The molecule has 0 heterocycles. The highest BCUT2D eigenvalue weighted by atomic mass is 32.1. The van der Waals surface area contributed by atoms with Crippen LogP contribution < -0.4 is 0 Å². The van der Waals surface area contributed by atoms with Crippen LogP contribution in [0.1, 0.15) is 78.6 Å². The summed E-state index contributed by atoms with van der Waals surface area (Å²) in [7, 11) is 0. The lowest BCUT2D eigenvalue weighted by atomic mass is 9.79. The molecule has 0 aromatic carbocycles. The number of hydrogen-bond donors (Lipinski definition) is 2. The highest BCUT2D eigenvalue weighted by Gasteiger charge is 2.24. The molecule has 102 valence electrons. The lowest BCUT2D eigenvalue weighted by Gasteiger charge is -2.30. The van der Waals surface area contributed by atoms with E-state index in [0.29, 0.717) is 10.7 Å². The van der Waals surface area contributed by atoms with Gasteiger partial charge in [-0.2, -0.15) is 12.6 Å². The molecule has 1 nitrogen and oxygen atoms in total. The van der Waals surface area contributed by atoms with Crippen LogP contribution in [-0.2, 0) is 0 Å². The predicted octanol–water partition coefficient (Wildman–Crippen LogP) is 4.59. The second kappa shape index (κ2) is 6.47. The molecule has 0 bridgehead atoms. The molecule has 0 aliphatic heterocycles. The number of rotatable bonds is 0. The summed E-state index contributed by atoms with van der Waals surface area (Å²) < 4.78 is 0. The first kappa shape index (κ1) is 15.4. The molecular weight excluding hydrogens is 228 g/mol. The Balaban J connectivity index is 2.52. The molecule has 0 saturated heterocycles. The molecule has 0 aromatic rings. The van der Waals surface area contributed by atoms with Gasteiger partial charge in [-0.15, -0.1) is 0 Å². The number of aliphatic hydroxyl groups is 1. The Morgan fingerprint density at radius 3 is 2.00 bits per heavy atom. The Morgan fingerprint density at radius 2 is 1.35 bits per heavy atom. The van der Waals surface area contributed by atoms with E-state index < -0.39 is 5.60 Å². The maximum Gasteiger partial charge on any atom is 0.0619 e. The van der Waals surface area contributed by atoms with E-state index in [2.05, 4.69) is 26.5 Å². The molecule has 1 saturated carbocycles. The van der Waals surface area contributed by atoms with Crippen molar-refractivity contribution in [3.63, 3.8) is 0 Å². The normalized spacial score (nSPS) is 36.9. The van der Waals surface area contributed by atoms with Crippen LogP contribution in [0, 0.1) is 5.41 Å². The van der Waals surface area contributed by atoms with Gasteiger partial charge in [-0.05, 0) is 57.3 Å². The summed E-state index contributed by atoms with van der Waals surface area (Å²) in [5.41, 5.74) is -0.0223. The maximum atomic E-state index is 10.3. The predicted molar refractivity (Wildman–Crippen MR) is 78.7 cm³/mol. The zero-order chi connectivity index (χ0) is 12.9. The zero-order valence-electron chi connectivity index (χ0n) is 11.8. The van der Waals surface area contributed by atoms with E-state index in [1.165, 1.54) is 25.7 Å². The topological polar surface area (TPSA) is 20.2 Å². The molecule has 1 fully saturated rings. The van der Waals surface area contributed by atoms with Crippen molar-refractivity contribution in [2.75, 3.05) is 0 Å². The van der Waals surface area contributed by atoms with Crippen LogP contribution in [0.5, 0.6) is 0 Å². The molecule has 2 atom stereocenters. The van der Waals surface area contributed by atoms with Gasteiger partial charge in [-0.1, -0.05) is 26.7 Å². The lowest BCUT2D eigenvalue weighted by molar-refractivity contribution is 0.0333. The van der Waals surface area contributed by atoms with Crippen molar-refractivity contribution in [1.29, 1.82) is 0 Å². The molecule has 0 spiro atoms. The van der Waals surface area contributed by atoms with Crippen molar-refractivity contribution in [1.82, 2.24) is 0 Å². The SMILES string of the molecule is CC1(C)CCCC(S)CCCC(C)(O)CCC1. The average Bonchev–Trinajstić information content (AvgIpc) is 2.14. The van der Waals surface area contributed by atoms with Crippen molar-refractivity contribution in [2.45, 2.75) is 89.4 Å². The number of hydrogen-bond acceptors (Lipinski definition) is 2. The van der Waals surface area contributed by atoms with Crippen LogP contribution in [0.4, 0.5) is 0 Å². The molecule has 1 N–H and O–H groups in total. The van der Waals surface area contributed by atoms with Crippen molar-refractivity contribution >= 4 is 12.6 Å². The smallest absolute Gasteiger partial charge is 0.0619 e. The molecule has 1 aliphatic carbocycles. The monoisotopic (exact) mass is 258 g/mol. The largest absolute Gasteiger partial charge is 0.390 e. The Bertz CT molecular complexity index is 201. The summed E-state index contributed by atoms with van der Waals surface area (Å²) in [4.78, 5) is 0. The Kier molecular flexibility index (Phi) is 5.85. The first-order valence-electron chi connectivity index (χ1n) is 7.21. The molecule has 17 heavy (non-hydrogen) atoms. The highest BCUT2D eigenvalue weighted by Crippen LogP contribution is 2.33. The van der Waals surface area contributed by atoms with E-state index in [1.807, 2.05) is 6.92 Å². The van der Waals surface area contributed by atoms with E-state index in [1.54, 1.807) is 0 Å².